The molecule has 0 atom stereocenters. The first-order valence-corrected chi connectivity index (χ1v) is 10.1. The van der Waals surface area contributed by atoms with E-state index >= 15 is 0 Å². The van der Waals surface area contributed by atoms with E-state index in [1.54, 1.807) is 16.5 Å². The van der Waals surface area contributed by atoms with Gasteiger partial charge >= 0.3 is 0 Å². The highest BCUT2D eigenvalue weighted by atomic mass is 32.2. The number of nitrogens with one attached hydrogen (secondary N) is 1. The molecule has 1 heterocycles. The van der Waals surface area contributed by atoms with Crippen molar-refractivity contribution < 1.29 is 13.2 Å². The number of nitrogens with zero attached hydrogens (tertiary/aromatic N) is 1. The van der Waals surface area contributed by atoms with Crippen molar-refractivity contribution in [3.05, 3.63) is 42.0 Å². The maximum Gasteiger partial charge on any atom is 0.244 e. The van der Waals surface area contributed by atoms with Gasteiger partial charge in [-0.15, -0.1) is 0 Å². The second-order valence-corrected chi connectivity index (χ2v) is 8.79. The molecule has 2 aliphatic rings. The molecule has 24 heavy (non-hydrogen) atoms. The predicted molar refractivity (Wildman–Crippen MR) is 94.7 cm³/mol. The molecule has 1 saturated carbocycles. The second kappa shape index (κ2) is 7.49. The van der Waals surface area contributed by atoms with Crippen LogP contribution in [0.2, 0.25) is 0 Å². The van der Waals surface area contributed by atoms with Gasteiger partial charge in [0.2, 0.25) is 15.9 Å². The van der Waals surface area contributed by atoms with Crippen LogP contribution in [0, 0.1) is 5.92 Å². The molecule has 0 unspecified atom stereocenters. The van der Waals surface area contributed by atoms with E-state index in [4.69, 9.17) is 0 Å². The van der Waals surface area contributed by atoms with E-state index in [-0.39, 0.29) is 11.2 Å². The Labute approximate surface area is 143 Å². The third kappa shape index (κ3) is 4.45. The molecule has 0 radical (unpaired) electrons. The second-order valence-electron chi connectivity index (χ2n) is 6.58. The number of benzene rings is 1. The zero-order chi connectivity index (χ0) is 17.0. The van der Waals surface area contributed by atoms with Gasteiger partial charge in [-0.1, -0.05) is 30.3 Å². The Morgan fingerprint density at radius 1 is 1.12 bits per heavy atom. The van der Waals surface area contributed by atoms with Crippen LogP contribution in [-0.2, 0) is 14.8 Å². The Kier molecular flexibility index (Phi) is 5.36. The Bertz CT molecular complexity index is 688. The third-order valence-electron chi connectivity index (χ3n) is 4.67. The van der Waals surface area contributed by atoms with Crippen LogP contribution < -0.4 is 5.32 Å². The average Bonchev–Trinajstić information content (AvgIpc) is 3.45. The van der Waals surface area contributed by atoms with Gasteiger partial charge in [-0.05, 0) is 43.2 Å². The van der Waals surface area contributed by atoms with E-state index in [9.17, 15) is 13.2 Å². The van der Waals surface area contributed by atoms with Crippen molar-refractivity contribution in [2.45, 2.75) is 30.9 Å². The number of carbonyl (C=O) groups is 1. The van der Waals surface area contributed by atoms with Crippen LogP contribution in [0.4, 0.5) is 0 Å². The van der Waals surface area contributed by atoms with Crippen molar-refractivity contribution in [2.75, 3.05) is 19.6 Å². The Hall–Kier alpha value is -1.66. The quantitative estimate of drug-likeness (QED) is 0.800. The van der Waals surface area contributed by atoms with Crippen LogP contribution in [0.15, 0.2) is 36.4 Å². The normalized spacial score (nSPS) is 20.3. The molecule has 6 heteroatoms. The predicted octanol–water partition coefficient (Wildman–Crippen LogP) is 2.02. The number of sulfonamides is 1. The van der Waals surface area contributed by atoms with Crippen molar-refractivity contribution in [2.24, 2.45) is 5.92 Å². The molecule has 1 aliphatic carbocycles. The lowest BCUT2D eigenvalue weighted by molar-refractivity contribution is -0.116. The fraction of sp³-hybridized carbons (Fsp3) is 0.500. The van der Waals surface area contributed by atoms with E-state index in [1.165, 1.54) is 0 Å². The summed E-state index contributed by atoms with van der Waals surface area (Å²) in [5.74, 6) is 0.247. The minimum atomic E-state index is -3.05. The van der Waals surface area contributed by atoms with Gasteiger partial charge in [0.05, 0.1) is 5.25 Å². The van der Waals surface area contributed by atoms with Gasteiger partial charge in [0, 0.05) is 25.7 Å². The highest BCUT2D eigenvalue weighted by molar-refractivity contribution is 7.90. The minimum absolute atomic E-state index is 0.105. The number of hydrogen-bond donors (Lipinski definition) is 1. The molecular weight excluding hydrogens is 324 g/mol. The SMILES string of the molecule is O=C(/C=C/c1ccccc1)NCC1CCN(S(=O)(=O)C2CC2)CC1. The average molecular weight is 348 g/mol. The minimum Gasteiger partial charge on any atom is -0.352 e. The van der Waals surface area contributed by atoms with Crippen LogP contribution in [0.5, 0.6) is 0 Å². The van der Waals surface area contributed by atoms with Gasteiger partial charge in [-0.2, -0.15) is 0 Å². The van der Waals surface area contributed by atoms with Gasteiger partial charge in [0.15, 0.2) is 0 Å². The molecule has 3 rings (SSSR count). The highest BCUT2D eigenvalue weighted by Crippen LogP contribution is 2.32. The molecule has 1 saturated heterocycles. The molecule has 1 aliphatic heterocycles. The van der Waals surface area contributed by atoms with E-state index in [1.807, 2.05) is 30.3 Å². The summed E-state index contributed by atoms with van der Waals surface area (Å²) in [5.41, 5.74) is 0.992. The molecule has 1 aromatic rings. The Balaban J connectivity index is 1.40. The highest BCUT2D eigenvalue weighted by Gasteiger charge is 2.41. The van der Waals surface area contributed by atoms with Gasteiger partial charge in [0.25, 0.3) is 0 Å². The smallest absolute Gasteiger partial charge is 0.244 e. The summed E-state index contributed by atoms with van der Waals surface area (Å²) >= 11 is 0. The fourth-order valence-electron chi connectivity index (χ4n) is 2.98. The largest absolute Gasteiger partial charge is 0.352 e. The number of carbonyl (C=O) groups excluding carboxylic acids is 1. The van der Waals surface area contributed by atoms with Crippen LogP contribution >= 0.6 is 0 Å². The van der Waals surface area contributed by atoms with Crippen molar-refractivity contribution in [1.29, 1.82) is 0 Å². The van der Waals surface area contributed by atoms with Gasteiger partial charge < -0.3 is 5.32 Å². The summed E-state index contributed by atoms with van der Waals surface area (Å²) in [7, 11) is -3.05. The lowest BCUT2D eigenvalue weighted by Crippen LogP contribution is -2.42. The maximum absolute atomic E-state index is 12.2. The number of piperidine rings is 1. The third-order valence-corrected chi connectivity index (χ3v) is 7.07. The summed E-state index contributed by atoms with van der Waals surface area (Å²) in [5, 5.41) is 2.79. The van der Waals surface area contributed by atoms with Crippen LogP contribution in [0.25, 0.3) is 6.08 Å². The zero-order valence-corrected chi connectivity index (χ0v) is 14.5. The van der Waals surface area contributed by atoms with Gasteiger partial charge in [-0.25, -0.2) is 12.7 Å². The number of amides is 1. The first kappa shape index (κ1) is 17.2. The standard InChI is InChI=1S/C18H24N2O3S/c21-18(9-6-15-4-2-1-3-5-15)19-14-16-10-12-20(13-11-16)24(22,23)17-7-8-17/h1-6,9,16-17H,7-8,10-14H2,(H,19,21)/b9-6+. The first-order chi connectivity index (χ1) is 11.6. The molecule has 1 amide bonds. The Morgan fingerprint density at radius 3 is 2.42 bits per heavy atom. The van der Waals surface area contributed by atoms with Crippen molar-refractivity contribution >= 4 is 22.0 Å². The molecule has 0 spiro atoms. The summed E-state index contributed by atoms with van der Waals surface area (Å²) in [4.78, 5) is 11.9. The fourth-order valence-corrected chi connectivity index (χ4v) is 4.86. The summed E-state index contributed by atoms with van der Waals surface area (Å²) in [6, 6.07) is 9.69. The molecule has 0 aromatic heterocycles. The van der Waals surface area contributed by atoms with E-state index in [0.29, 0.717) is 25.6 Å². The lowest BCUT2D eigenvalue weighted by atomic mass is 9.98. The number of rotatable bonds is 6. The molecule has 2 fully saturated rings. The van der Waals surface area contributed by atoms with E-state index < -0.39 is 10.0 Å². The van der Waals surface area contributed by atoms with Crippen LogP contribution in [0.1, 0.15) is 31.2 Å². The Morgan fingerprint density at radius 2 is 1.79 bits per heavy atom. The van der Waals surface area contributed by atoms with E-state index in [2.05, 4.69) is 5.32 Å². The molecular formula is C18H24N2O3S. The van der Waals surface area contributed by atoms with Crippen LogP contribution in [-0.4, -0.2) is 43.5 Å². The number of hydrogen-bond acceptors (Lipinski definition) is 3. The van der Waals surface area contributed by atoms with Crippen molar-refractivity contribution in [3.8, 4) is 0 Å². The van der Waals surface area contributed by atoms with Crippen molar-refractivity contribution in [3.63, 3.8) is 0 Å². The first-order valence-electron chi connectivity index (χ1n) is 8.55. The topological polar surface area (TPSA) is 66.5 Å². The molecule has 130 valence electrons. The molecule has 5 nitrogen and oxygen atoms in total. The van der Waals surface area contributed by atoms with E-state index in [0.717, 1.165) is 31.2 Å². The van der Waals surface area contributed by atoms with Crippen LogP contribution in [0.3, 0.4) is 0 Å². The van der Waals surface area contributed by atoms with Gasteiger partial charge in [0.1, 0.15) is 0 Å². The summed E-state index contributed by atoms with van der Waals surface area (Å²) < 4.78 is 26.0. The molecule has 1 aromatic carbocycles. The zero-order valence-electron chi connectivity index (χ0n) is 13.7. The molecule has 1 N–H and O–H groups in total. The molecule has 0 bridgehead atoms. The monoisotopic (exact) mass is 348 g/mol. The summed E-state index contributed by atoms with van der Waals surface area (Å²) in [6.45, 7) is 1.77. The van der Waals surface area contributed by atoms with Gasteiger partial charge in [-0.3, -0.25) is 4.79 Å². The maximum atomic E-state index is 12.2. The van der Waals surface area contributed by atoms with Crippen molar-refractivity contribution in [1.82, 2.24) is 9.62 Å². The lowest BCUT2D eigenvalue weighted by Gasteiger charge is -2.31. The summed E-state index contributed by atoms with van der Waals surface area (Å²) in [6.07, 6.45) is 6.59.